The fourth-order valence-electron chi connectivity index (χ4n) is 4.61. The van der Waals surface area contributed by atoms with Crippen molar-refractivity contribution in [1.29, 1.82) is 0 Å². The molecule has 0 saturated carbocycles. The fourth-order valence-corrected chi connectivity index (χ4v) is 7.05. The van der Waals surface area contributed by atoms with Gasteiger partial charge in [0.15, 0.2) is 0 Å². The molecule has 1 aliphatic heterocycles. The van der Waals surface area contributed by atoms with Gasteiger partial charge in [-0.2, -0.15) is 8.78 Å². The van der Waals surface area contributed by atoms with E-state index in [0.717, 1.165) is 6.07 Å². The molecule has 3 aromatic rings. The van der Waals surface area contributed by atoms with E-state index < -0.39 is 36.4 Å². The van der Waals surface area contributed by atoms with Crippen molar-refractivity contribution in [3.05, 3.63) is 53.2 Å². The summed E-state index contributed by atoms with van der Waals surface area (Å²) in [4.78, 5) is 39.3. The van der Waals surface area contributed by atoms with Gasteiger partial charge >= 0.3 is 5.92 Å². The molecule has 1 saturated heterocycles. The zero-order valence-electron chi connectivity index (χ0n) is 22.3. The first-order valence-corrected chi connectivity index (χ1v) is 14.5. The number of benzene rings is 1. The number of anilines is 1. The average molecular weight is 563 g/mol. The summed E-state index contributed by atoms with van der Waals surface area (Å²) in [6.07, 6.45) is 2.10. The Bertz CT molecular complexity index is 1490. The Labute approximate surface area is 224 Å². The second-order valence-electron chi connectivity index (χ2n) is 9.87. The first kappa shape index (κ1) is 28.5. The van der Waals surface area contributed by atoms with Crippen LogP contribution in [-0.4, -0.2) is 76.1 Å². The smallest absolute Gasteiger partial charge is 0.352 e. The number of nitrogens with zero attached hydrogens (tertiary/aromatic N) is 5. The van der Waals surface area contributed by atoms with Crippen LogP contribution in [0.5, 0.6) is 0 Å². The maximum absolute atomic E-state index is 15.4. The molecule has 0 aliphatic carbocycles. The summed E-state index contributed by atoms with van der Waals surface area (Å²) < 4.78 is 58.7. The second kappa shape index (κ2) is 10.6. The Morgan fingerprint density at radius 2 is 1.85 bits per heavy atom. The van der Waals surface area contributed by atoms with Crippen molar-refractivity contribution >= 4 is 41.1 Å². The van der Waals surface area contributed by atoms with Crippen molar-refractivity contribution in [3.8, 4) is 0 Å². The quantitative estimate of drug-likeness (QED) is 0.457. The predicted molar refractivity (Wildman–Crippen MR) is 142 cm³/mol. The maximum atomic E-state index is 15.4. The topological polar surface area (TPSA) is 108 Å². The van der Waals surface area contributed by atoms with Crippen molar-refractivity contribution in [2.75, 3.05) is 44.8 Å². The number of nitrogens with one attached hydrogen (secondary N) is 1. The molecule has 9 nitrogen and oxygen atoms in total. The van der Waals surface area contributed by atoms with Gasteiger partial charge in [0.2, 0.25) is 5.91 Å². The molecular formula is C26H30F3N6O3P. The van der Waals surface area contributed by atoms with Gasteiger partial charge in [-0.1, -0.05) is 12.1 Å². The molecular weight excluding hydrogens is 532 g/mol. The molecule has 2 aromatic heterocycles. The molecule has 1 aliphatic rings. The Hall–Kier alpha value is -3.53. The molecule has 39 heavy (non-hydrogen) atoms. The normalized spacial score (nSPS) is 16.2. The van der Waals surface area contributed by atoms with E-state index >= 15 is 4.39 Å². The number of aryl methyl sites for hydroxylation is 1. The Morgan fingerprint density at radius 3 is 2.46 bits per heavy atom. The molecule has 4 rings (SSSR count). The van der Waals surface area contributed by atoms with Crippen LogP contribution in [0, 0.1) is 12.7 Å². The summed E-state index contributed by atoms with van der Waals surface area (Å²) in [7, 11) is -0.539. The van der Waals surface area contributed by atoms with Crippen LogP contribution >= 0.6 is 7.14 Å². The SMILES string of the molecule is CC(=O)N1CCP(=O)(c2cc3c(N[C@H](C)c4cccc(C(F)(F)C(=O)N(C)C)c4F)nc(C)nc3cn2)CC1. The molecule has 1 fully saturated rings. The highest BCUT2D eigenvalue weighted by Crippen LogP contribution is 2.46. The summed E-state index contributed by atoms with van der Waals surface area (Å²) in [6.45, 7) is 5.46. The van der Waals surface area contributed by atoms with E-state index in [1.54, 1.807) is 24.8 Å². The molecule has 208 valence electrons. The number of carbonyl (C=O) groups is 2. The van der Waals surface area contributed by atoms with Gasteiger partial charge < -0.3 is 19.7 Å². The van der Waals surface area contributed by atoms with Crippen molar-refractivity contribution in [2.24, 2.45) is 0 Å². The van der Waals surface area contributed by atoms with Gasteiger partial charge in [0.25, 0.3) is 5.91 Å². The van der Waals surface area contributed by atoms with Crippen LogP contribution in [0.3, 0.4) is 0 Å². The minimum atomic E-state index is -4.05. The Morgan fingerprint density at radius 1 is 1.18 bits per heavy atom. The van der Waals surface area contributed by atoms with Crippen LogP contribution in [-0.2, 0) is 20.1 Å². The third-order valence-corrected chi connectivity index (χ3v) is 9.79. The minimum Gasteiger partial charge on any atom is -0.363 e. The molecule has 13 heteroatoms. The van der Waals surface area contributed by atoms with E-state index in [-0.39, 0.29) is 11.5 Å². The number of pyridine rings is 1. The van der Waals surface area contributed by atoms with Crippen molar-refractivity contribution in [1.82, 2.24) is 24.8 Å². The molecule has 1 aromatic carbocycles. The largest absolute Gasteiger partial charge is 0.363 e. The van der Waals surface area contributed by atoms with Gasteiger partial charge in [-0.15, -0.1) is 0 Å². The van der Waals surface area contributed by atoms with Crippen molar-refractivity contribution in [2.45, 2.75) is 32.7 Å². The number of carbonyl (C=O) groups excluding carboxylic acids is 2. The van der Waals surface area contributed by atoms with Gasteiger partial charge in [0, 0.05) is 57.4 Å². The van der Waals surface area contributed by atoms with Gasteiger partial charge in [-0.05, 0) is 26.0 Å². The minimum absolute atomic E-state index is 0.0720. The zero-order valence-corrected chi connectivity index (χ0v) is 23.2. The molecule has 2 amide bonds. The lowest BCUT2D eigenvalue weighted by Gasteiger charge is -2.31. The summed E-state index contributed by atoms with van der Waals surface area (Å²) in [5.74, 6) is -6.16. The standard InChI is InChI=1S/C26H30F3N6O3P/c1-15(18-7-6-8-20(23(18)27)26(28,29)25(37)34(4)5)31-24-19-13-22(30-14-21(19)32-16(2)33-24)39(38)11-9-35(10-12-39)17(3)36/h6-8,13-15H,9-12H2,1-5H3,(H,31,32,33)/t15-/m1/s1. The van der Waals surface area contributed by atoms with Crippen molar-refractivity contribution < 1.29 is 27.3 Å². The van der Waals surface area contributed by atoms with E-state index in [1.165, 1.54) is 39.3 Å². The molecule has 0 unspecified atom stereocenters. The number of aromatic nitrogens is 3. The summed E-state index contributed by atoms with van der Waals surface area (Å²) in [5, 5.41) is 3.57. The highest BCUT2D eigenvalue weighted by Gasteiger charge is 2.45. The second-order valence-corrected chi connectivity index (χ2v) is 13.0. The third-order valence-electron chi connectivity index (χ3n) is 6.87. The summed E-state index contributed by atoms with van der Waals surface area (Å²) in [5.41, 5.74) is -0.247. The summed E-state index contributed by atoms with van der Waals surface area (Å²) in [6, 6.07) is 4.33. The summed E-state index contributed by atoms with van der Waals surface area (Å²) >= 11 is 0. The number of alkyl halides is 2. The fraction of sp³-hybridized carbons (Fsp3) is 0.423. The number of rotatable bonds is 6. The molecule has 0 spiro atoms. The molecule has 0 radical (unpaired) electrons. The molecule has 0 bridgehead atoms. The van der Waals surface area contributed by atoms with E-state index in [2.05, 4.69) is 20.3 Å². The number of likely N-dealkylation sites (N-methyl/N-ethyl adjacent to an activating group) is 1. The van der Waals surface area contributed by atoms with Crippen LogP contribution in [0.25, 0.3) is 10.9 Å². The van der Waals surface area contributed by atoms with Gasteiger partial charge in [-0.25, -0.2) is 14.4 Å². The lowest BCUT2D eigenvalue weighted by Crippen LogP contribution is -2.40. The average Bonchev–Trinajstić information content (AvgIpc) is 2.88. The van der Waals surface area contributed by atoms with Gasteiger partial charge in [-0.3, -0.25) is 14.6 Å². The van der Waals surface area contributed by atoms with E-state index in [4.69, 9.17) is 0 Å². The number of amides is 2. The van der Waals surface area contributed by atoms with Crippen molar-refractivity contribution in [3.63, 3.8) is 0 Å². The van der Waals surface area contributed by atoms with E-state index in [1.807, 2.05) is 0 Å². The first-order chi connectivity index (χ1) is 18.2. The monoisotopic (exact) mass is 562 g/mol. The van der Waals surface area contributed by atoms with E-state index in [9.17, 15) is 22.9 Å². The third kappa shape index (κ3) is 5.48. The highest BCUT2D eigenvalue weighted by molar-refractivity contribution is 7.71. The van der Waals surface area contributed by atoms with Gasteiger partial charge in [0.05, 0.1) is 23.3 Å². The van der Waals surface area contributed by atoms with E-state index in [0.29, 0.717) is 58.3 Å². The number of fused-ring (bicyclic) bond motifs is 1. The molecule has 3 heterocycles. The lowest BCUT2D eigenvalue weighted by molar-refractivity contribution is -0.156. The highest BCUT2D eigenvalue weighted by atomic mass is 31.2. The van der Waals surface area contributed by atoms with Crippen LogP contribution in [0.15, 0.2) is 30.5 Å². The lowest BCUT2D eigenvalue weighted by atomic mass is 9.99. The van der Waals surface area contributed by atoms with Crippen LogP contribution in [0.2, 0.25) is 0 Å². The van der Waals surface area contributed by atoms with Gasteiger partial charge in [0.1, 0.15) is 30.0 Å². The Balaban J connectivity index is 1.69. The predicted octanol–water partition coefficient (Wildman–Crippen LogP) is 3.68. The first-order valence-electron chi connectivity index (χ1n) is 12.4. The number of halogens is 3. The Kier molecular flexibility index (Phi) is 7.71. The van der Waals surface area contributed by atoms with Crippen LogP contribution in [0.1, 0.15) is 36.8 Å². The molecule has 1 atom stereocenters. The molecule has 1 N–H and O–H groups in total. The number of hydrogen-bond acceptors (Lipinski definition) is 7. The number of hydrogen-bond donors (Lipinski definition) is 1. The maximum Gasteiger partial charge on any atom is 0.352 e. The van der Waals surface area contributed by atoms with Crippen LogP contribution in [0.4, 0.5) is 19.0 Å². The zero-order chi connectivity index (χ0) is 28.7. The van der Waals surface area contributed by atoms with Crippen LogP contribution < -0.4 is 10.8 Å².